The van der Waals surface area contributed by atoms with Gasteiger partial charge >= 0.3 is 0 Å². The number of rotatable bonds is 6. The van der Waals surface area contributed by atoms with Gasteiger partial charge in [0.25, 0.3) is 0 Å². The molecule has 2 N–H and O–H groups in total. The van der Waals surface area contributed by atoms with Gasteiger partial charge in [-0.05, 0) is 31.9 Å². The second-order valence-electron chi connectivity index (χ2n) is 4.06. The average Bonchev–Trinajstić information content (AvgIpc) is 2.32. The van der Waals surface area contributed by atoms with Crippen LogP contribution in [0.25, 0.3) is 0 Å². The molecular formula is C11H14Cl2FNO3S. The Kier molecular flexibility index (Phi) is 6.01. The molecule has 1 atom stereocenters. The van der Waals surface area contributed by atoms with E-state index in [1.54, 1.807) is 6.92 Å². The zero-order valence-electron chi connectivity index (χ0n) is 10.2. The topological polar surface area (TPSA) is 66.4 Å². The van der Waals surface area contributed by atoms with Crippen LogP contribution in [-0.4, -0.2) is 26.2 Å². The van der Waals surface area contributed by atoms with Gasteiger partial charge in [-0.15, -0.1) is 0 Å². The van der Waals surface area contributed by atoms with Gasteiger partial charge in [0.15, 0.2) is 5.82 Å². The summed E-state index contributed by atoms with van der Waals surface area (Å²) >= 11 is 11.2. The van der Waals surface area contributed by atoms with E-state index < -0.39 is 26.9 Å². The van der Waals surface area contributed by atoms with E-state index in [0.29, 0.717) is 12.8 Å². The first-order chi connectivity index (χ1) is 8.79. The van der Waals surface area contributed by atoms with E-state index in [1.807, 2.05) is 0 Å². The van der Waals surface area contributed by atoms with Gasteiger partial charge in [0.2, 0.25) is 10.0 Å². The van der Waals surface area contributed by atoms with Gasteiger partial charge in [0.1, 0.15) is 4.90 Å². The van der Waals surface area contributed by atoms with E-state index in [1.165, 1.54) is 0 Å². The molecule has 1 unspecified atom stereocenters. The zero-order chi connectivity index (χ0) is 14.6. The van der Waals surface area contributed by atoms with Gasteiger partial charge in [0, 0.05) is 12.6 Å². The Labute approximate surface area is 121 Å². The third-order valence-corrected chi connectivity index (χ3v) is 4.85. The first-order valence-electron chi connectivity index (χ1n) is 5.56. The molecule has 0 saturated carbocycles. The second kappa shape index (κ2) is 6.85. The zero-order valence-corrected chi connectivity index (χ0v) is 12.5. The van der Waals surface area contributed by atoms with Gasteiger partial charge < -0.3 is 5.11 Å². The van der Waals surface area contributed by atoms with Crippen LogP contribution in [0.4, 0.5) is 4.39 Å². The highest BCUT2D eigenvalue weighted by atomic mass is 35.5. The number of hydrogen-bond acceptors (Lipinski definition) is 3. The standard InChI is InChI=1S/C11H14Cl2FNO3S/c1-7(3-2-6-16)15-19(17,18)9-5-4-8(12)11(14)10(9)13/h4-5,7,15-16H,2-3,6H2,1H3. The van der Waals surface area contributed by atoms with E-state index in [4.69, 9.17) is 28.3 Å². The molecule has 0 radical (unpaired) electrons. The van der Waals surface area contributed by atoms with Crippen LogP contribution >= 0.6 is 23.2 Å². The summed E-state index contributed by atoms with van der Waals surface area (Å²) in [5, 5.41) is 7.91. The minimum atomic E-state index is -3.92. The Bertz CT molecular complexity index is 551. The molecule has 1 rings (SSSR count). The van der Waals surface area contributed by atoms with Crippen molar-refractivity contribution < 1.29 is 17.9 Å². The van der Waals surface area contributed by atoms with Gasteiger partial charge in [-0.3, -0.25) is 0 Å². The first-order valence-corrected chi connectivity index (χ1v) is 7.80. The maximum atomic E-state index is 13.5. The van der Waals surface area contributed by atoms with Gasteiger partial charge in [-0.2, -0.15) is 0 Å². The molecular weight excluding hydrogens is 316 g/mol. The summed E-state index contributed by atoms with van der Waals surface area (Å²) in [6.45, 7) is 1.62. The van der Waals surface area contributed by atoms with Crippen LogP contribution in [0.15, 0.2) is 17.0 Å². The Morgan fingerprint density at radius 2 is 2.05 bits per heavy atom. The molecule has 0 saturated heterocycles. The van der Waals surface area contributed by atoms with Crippen molar-refractivity contribution in [2.45, 2.75) is 30.7 Å². The van der Waals surface area contributed by atoms with Gasteiger partial charge in [-0.1, -0.05) is 23.2 Å². The molecule has 0 amide bonds. The highest BCUT2D eigenvalue weighted by Crippen LogP contribution is 2.29. The molecule has 108 valence electrons. The smallest absolute Gasteiger partial charge is 0.242 e. The quantitative estimate of drug-likeness (QED) is 0.788. The molecule has 0 aliphatic carbocycles. The van der Waals surface area contributed by atoms with Crippen LogP contribution in [0.5, 0.6) is 0 Å². The lowest BCUT2D eigenvalue weighted by molar-refractivity contribution is 0.279. The summed E-state index contributed by atoms with van der Waals surface area (Å²) in [5.74, 6) is -0.964. The second-order valence-corrected chi connectivity index (χ2v) is 6.53. The van der Waals surface area contributed by atoms with Crippen molar-refractivity contribution in [3.63, 3.8) is 0 Å². The van der Waals surface area contributed by atoms with Crippen LogP contribution in [0.2, 0.25) is 10.0 Å². The van der Waals surface area contributed by atoms with Gasteiger partial charge in [0.05, 0.1) is 10.0 Å². The van der Waals surface area contributed by atoms with E-state index >= 15 is 0 Å². The van der Waals surface area contributed by atoms with Crippen molar-refractivity contribution in [1.29, 1.82) is 0 Å². The molecule has 1 aromatic carbocycles. The third-order valence-electron chi connectivity index (χ3n) is 2.44. The molecule has 4 nitrogen and oxygen atoms in total. The maximum Gasteiger partial charge on any atom is 0.242 e. The normalized spacial score (nSPS) is 13.5. The number of benzene rings is 1. The van der Waals surface area contributed by atoms with Crippen molar-refractivity contribution in [1.82, 2.24) is 4.72 Å². The monoisotopic (exact) mass is 329 g/mol. The lowest BCUT2D eigenvalue weighted by Crippen LogP contribution is -2.33. The average molecular weight is 330 g/mol. The van der Waals surface area contributed by atoms with E-state index in [0.717, 1.165) is 12.1 Å². The number of nitrogens with one attached hydrogen (secondary N) is 1. The fraction of sp³-hybridized carbons (Fsp3) is 0.455. The summed E-state index contributed by atoms with van der Waals surface area (Å²) in [4.78, 5) is -0.355. The molecule has 19 heavy (non-hydrogen) atoms. The number of sulfonamides is 1. The van der Waals surface area contributed by atoms with Crippen LogP contribution in [-0.2, 0) is 10.0 Å². The number of hydrogen-bond donors (Lipinski definition) is 2. The molecule has 1 aromatic rings. The maximum absolute atomic E-state index is 13.5. The Morgan fingerprint density at radius 3 is 2.63 bits per heavy atom. The molecule has 0 spiro atoms. The van der Waals surface area contributed by atoms with Crippen molar-refractivity contribution in [3.8, 4) is 0 Å². The molecule has 0 fully saturated rings. The Morgan fingerprint density at radius 1 is 1.42 bits per heavy atom. The van der Waals surface area contributed by atoms with E-state index in [-0.39, 0.29) is 16.5 Å². The third kappa shape index (κ3) is 4.29. The molecule has 0 aliphatic heterocycles. The predicted molar refractivity (Wildman–Crippen MR) is 72.5 cm³/mol. The highest BCUT2D eigenvalue weighted by Gasteiger charge is 2.23. The first kappa shape index (κ1) is 16.7. The summed E-state index contributed by atoms with van der Waals surface area (Å²) in [7, 11) is -3.92. The summed E-state index contributed by atoms with van der Waals surface area (Å²) in [6.07, 6.45) is 0.926. The molecule has 0 aliphatic rings. The number of halogens is 3. The Hall–Kier alpha value is -0.400. The van der Waals surface area contributed by atoms with Gasteiger partial charge in [-0.25, -0.2) is 17.5 Å². The molecule has 0 heterocycles. The largest absolute Gasteiger partial charge is 0.396 e. The minimum Gasteiger partial charge on any atom is -0.396 e. The van der Waals surface area contributed by atoms with Crippen LogP contribution in [0.1, 0.15) is 19.8 Å². The molecule has 8 heteroatoms. The summed E-state index contributed by atoms with van der Waals surface area (Å²) < 4.78 is 39.9. The van der Waals surface area contributed by atoms with Crippen molar-refractivity contribution in [2.24, 2.45) is 0 Å². The van der Waals surface area contributed by atoms with Crippen molar-refractivity contribution >= 4 is 33.2 Å². The fourth-order valence-electron chi connectivity index (χ4n) is 1.50. The van der Waals surface area contributed by atoms with Crippen molar-refractivity contribution in [3.05, 3.63) is 28.0 Å². The van der Waals surface area contributed by atoms with Crippen LogP contribution in [0, 0.1) is 5.82 Å². The summed E-state index contributed by atoms with van der Waals surface area (Å²) in [6, 6.07) is 1.89. The van der Waals surface area contributed by atoms with Crippen LogP contribution < -0.4 is 4.72 Å². The number of aliphatic hydroxyl groups excluding tert-OH is 1. The Balaban J connectivity index is 2.98. The van der Waals surface area contributed by atoms with E-state index in [9.17, 15) is 12.8 Å². The minimum absolute atomic E-state index is 0.0254. The fourth-order valence-corrected chi connectivity index (χ4v) is 3.52. The SMILES string of the molecule is CC(CCCO)NS(=O)(=O)c1ccc(Cl)c(F)c1Cl. The molecule has 0 bridgehead atoms. The lowest BCUT2D eigenvalue weighted by atomic mass is 10.2. The van der Waals surface area contributed by atoms with Crippen molar-refractivity contribution in [2.75, 3.05) is 6.61 Å². The predicted octanol–water partition coefficient (Wildman–Crippen LogP) is 2.57. The highest BCUT2D eigenvalue weighted by molar-refractivity contribution is 7.89. The molecule has 0 aromatic heterocycles. The summed E-state index contributed by atoms with van der Waals surface area (Å²) in [5.41, 5.74) is 0. The van der Waals surface area contributed by atoms with E-state index in [2.05, 4.69) is 4.72 Å². The van der Waals surface area contributed by atoms with Crippen LogP contribution in [0.3, 0.4) is 0 Å². The lowest BCUT2D eigenvalue weighted by Gasteiger charge is -2.14. The number of aliphatic hydroxyl groups is 1.